The van der Waals surface area contributed by atoms with Gasteiger partial charge in [-0.3, -0.25) is 4.68 Å². The summed E-state index contributed by atoms with van der Waals surface area (Å²) in [6, 6.07) is 0. The third-order valence-corrected chi connectivity index (χ3v) is 5.31. The summed E-state index contributed by atoms with van der Waals surface area (Å²) in [6.07, 6.45) is 2.83. The van der Waals surface area contributed by atoms with Crippen LogP contribution < -0.4 is 5.73 Å². The van der Waals surface area contributed by atoms with Crippen molar-refractivity contribution < 1.29 is 0 Å². The monoisotopic (exact) mass is 287 g/mol. The second-order valence-corrected chi connectivity index (χ2v) is 6.55. The Bertz CT molecular complexity index is 519. The van der Waals surface area contributed by atoms with Gasteiger partial charge in [-0.15, -0.1) is 10.2 Å². The van der Waals surface area contributed by atoms with E-state index in [0.29, 0.717) is 0 Å². The van der Waals surface area contributed by atoms with Crippen molar-refractivity contribution in [2.24, 2.45) is 7.05 Å². The molecule has 0 fully saturated rings. The minimum absolute atomic E-state index is 0.751. The van der Waals surface area contributed by atoms with E-state index in [9.17, 15) is 0 Å². The Kier molecular flexibility index (Phi) is 3.95. The fraction of sp³-hybridized carbons (Fsp3) is 0.444. The van der Waals surface area contributed by atoms with Crippen LogP contribution in [0.3, 0.4) is 0 Å². The summed E-state index contributed by atoms with van der Waals surface area (Å²) in [5.74, 6) is 0. The topological polar surface area (TPSA) is 69.6 Å². The lowest BCUT2D eigenvalue weighted by Crippen LogP contribution is -1.93. The summed E-state index contributed by atoms with van der Waals surface area (Å²) in [5, 5.41) is 13.5. The van der Waals surface area contributed by atoms with Crippen molar-refractivity contribution in [3.8, 4) is 0 Å². The van der Waals surface area contributed by atoms with Gasteiger partial charge in [0, 0.05) is 7.05 Å². The van der Waals surface area contributed by atoms with Crippen LogP contribution in [0.15, 0.2) is 13.7 Å². The zero-order valence-corrected chi connectivity index (χ0v) is 12.2. The third kappa shape index (κ3) is 2.58. The van der Waals surface area contributed by atoms with Crippen molar-refractivity contribution in [3.05, 3.63) is 5.69 Å². The maximum atomic E-state index is 6.05. The van der Waals surface area contributed by atoms with Crippen LogP contribution in [0.4, 0.5) is 5.69 Å². The maximum Gasteiger partial charge on any atom is 0.181 e. The Labute approximate surface area is 112 Å². The van der Waals surface area contributed by atoms with E-state index in [0.717, 1.165) is 31.5 Å². The van der Waals surface area contributed by atoms with Crippen LogP contribution in [-0.4, -0.2) is 26.2 Å². The Morgan fingerprint density at radius 1 is 1.35 bits per heavy atom. The number of aryl methyl sites for hydroxylation is 2. The molecule has 0 amide bonds. The summed E-state index contributed by atoms with van der Waals surface area (Å²) in [5.41, 5.74) is 7.73. The van der Waals surface area contributed by atoms with Gasteiger partial charge in [-0.2, -0.15) is 5.10 Å². The molecule has 0 saturated heterocycles. The molecule has 0 aliphatic heterocycles. The molecule has 2 N–H and O–H groups in total. The molecule has 2 aromatic heterocycles. The van der Waals surface area contributed by atoms with Gasteiger partial charge in [0.2, 0.25) is 0 Å². The van der Waals surface area contributed by atoms with Crippen LogP contribution in [0.2, 0.25) is 0 Å². The zero-order chi connectivity index (χ0) is 12.4. The quantitative estimate of drug-likeness (QED) is 0.870. The number of nitrogens with zero attached hydrogens (tertiary/aromatic N) is 4. The zero-order valence-electron chi connectivity index (χ0n) is 9.80. The van der Waals surface area contributed by atoms with Crippen LogP contribution in [-0.2, 0) is 13.5 Å². The fourth-order valence-electron chi connectivity index (χ4n) is 1.36. The molecule has 0 aromatic carbocycles. The van der Waals surface area contributed by atoms with Crippen molar-refractivity contribution >= 4 is 40.5 Å². The number of thioether (sulfide) groups is 1. The highest BCUT2D eigenvalue weighted by molar-refractivity contribution is 8.03. The van der Waals surface area contributed by atoms with Crippen molar-refractivity contribution in [3.63, 3.8) is 0 Å². The van der Waals surface area contributed by atoms with Gasteiger partial charge in [-0.05, 0) is 24.4 Å². The van der Waals surface area contributed by atoms with E-state index in [1.807, 2.05) is 20.2 Å². The number of hydrogen-bond donors (Lipinski definition) is 1. The first-order valence-electron chi connectivity index (χ1n) is 5.02. The summed E-state index contributed by atoms with van der Waals surface area (Å²) < 4.78 is 3.66. The van der Waals surface area contributed by atoms with Crippen LogP contribution in [0, 0.1) is 0 Å². The molecule has 0 saturated carbocycles. The second kappa shape index (κ2) is 5.28. The second-order valence-electron chi connectivity index (χ2n) is 3.28. The number of anilines is 1. The molecule has 5 nitrogen and oxygen atoms in total. The highest BCUT2D eigenvalue weighted by atomic mass is 32.2. The van der Waals surface area contributed by atoms with E-state index < -0.39 is 0 Å². The predicted molar refractivity (Wildman–Crippen MR) is 72.8 cm³/mol. The molecule has 2 heterocycles. The summed E-state index contributed by atoms with van der Waals surface area (Å²) >= 11 is 4.69. The lowest BCUT2D eigenvalue weighted by molar-refractivity contribution is 0.687. The molecule has 0 aliphatic rings. The van der Waals surface area contributed by atoms with Gasteiger partial charge in [-0.25, -0.2) is 0 Å². The Hall–Kier alpha value is -0.730. The Morgan fingerprint density at radius 3 is 2.59 bits per heavy atom. The first-order chi connectivity index (χ1) is 8.15. The largest absolute Gasteiger partial charge is 0.395 e. The molecule has 0 unspecified atom stereocenters. The van der Waals surface area contributed by atoms with Crippen LogP contribution in [0.5, 0.6) is 0 Å². The van der Waals surface area contributed by atoms with Gasteiger partial charge in [0.15, 0.2) is 8.68 Å². The molecule has 17 heavy (non-hydrogen) atoms. The molecule has 0 spiro atoms. The molecule has 0 radical (unpaired) electrons. The van der Waals surface area contributed by atoms with Crippen molar-refractivity contribution in [1.82, 2.24) is 20.0 Å². The van der Waals surface area contributed by atoms with Gasteiger partial charge >= 0.3 is 0 Å². The van der Waals surface area contributed by atoms with E-state index in [4.69, 9.17) is 5.73 Å². The molecule has 0 atom stereocenters. The van der Waals surface area contributed by atoms with Gasteiger partial charge in [0.05, 0.1) is 11.4 Å². The van der Waals surface area contributed by atoms with Gasteiger partial charge in [0.25, 0.3) is 0 Å². The molecule has 0 bridgehead atoms. The van der Waals surface area contributed by atoms with Gasteiger partial charge < -0.3 is 5.73 Å². The molecule has 8 heteroatoms. The summed E-state index contributed by atoms with van der Waals surface area (Å²) in [7, 11) is 1.90. The average Bonchev–Trinajstić information content (AvgIpc) is 2.88. The normalized spacial score (nSPS) is 11.0. The molecule has 2 aromatic rings. The molecular weight excluding hydrogens is 274 g/mol. The summed E-state index contributed by atoms with van der Waals surface area (Å²) in [6.45, 7) is 2.05. The molecular formula is C9H13N5S3. The van der Waals surface area contributed by atoms with Gasteiger partial charge in [-0.1, -0.05) is 30.0 Å². The average molecular weight is 287 g/mol. The molecule has 0 aliphatic carbocycles. The fourth-order valence-corrected chi connectivity index (χ4v) is 3.82. The highest BCUT2D eigenvalue weighted by Gasteiger charge is 2.15. The number of aromatic nitrogens is 4. The number of hydrogen-bond acceptors (Lipinski definition) is 7. The standard InChI is InChI=1S/C9H13N5S3/c1-4-5-6(10)7(14(2)13-5)16-9-12-11-8(15-3)17-9/h4,10H2,1-3H3. The Balaban J connectivity index is 2.26. The van der Waals surface area contributed by atoms with E-state index in [1.54, 1.807) is 27.8 Å². The van der Waals surface area contributed by atoms with Crippen molar-refractivity contribution in [1.29, 1.82) is 0 Å². The predicted octanol–water partition coefficient (Wildman–Crippen LogP) is 2.29. The minimum atomic E-state index is 0.751. The van der Waals surface area contributed by atoms with E-state index in [1.165, 1.54) is 11.8 Å². The number of rotatable bonds is 4. The Morgan fingerprint density at radius 2 is 2.06 bits per heavy atom. The SMILES string of the molecule is CCc1nn(C)c(Sc2nnc(SC)s2)c1N. The van der Waals surface area contributed by atoms with Crippen LogP contribution in [0.1, 0.15) is 12.6 Å². The summed E-state index contributed by atoms with van der Waals surface area (Å²) in [4.78, 5) is 0. The van der Waals surface area contributed by atoms with E-state index in [-0.39, 0.29) is 0 Å². The first kappa shape index (κ1) is 12.7. The molecule has 2 rings (SSSR count). The minimum Gasteiger partial charge on any atom is -0.395 e. The van der Waals surface area contributed by atoms with Gasteiger partial charge in [0.1, 0.15) is 5.03 Å². The van der Waals surface area contributed by atoms with Crippen molar-refractivity contribution in [2.45, 2.75) is 27.0 Å². The maximum absolute atomic E-state index is 6.05. The van der Waals surface area contributed by atoms with E-state index >= 15 is 0 Å². The van der Waals surface area contributed by atoms with Crippen LogP contribution in [0.25, 0.3) is 0 Å². The number of nitrogens with two attached hydrogens (primary N) is 1. The lowest BCUT2D eigenvalue weighted by Gasteiger charge is -1.98. The lowest BCUT2D eigenvalue weighted by atomic mass is 10.3. The smallest absolute Gasteiger partial charge is 0.181 e. The van der Waals surface area contributed by atoms with Crippen molar-refractivity contribution in [2.75, 3.05) is 12.0 Å². The van der Waals surface area contributed by atoms with Crippen LogP contribution >= 0.6 is 34.9 Å². The first-order valence-corrected chi connectivity index (χ1v) is 7.88. The highest BCUT2D eigenvalue weighted by Crippen LogP contribution is 2.36. The van der Waals surface area contributed by atoms with E-state index in [2.05, 4.69) is 15.3 Å². The number of nitrogen functional groups attached to an aromatic ring is 1. The third-order valence-electron chi connectivity index (χ3n) is 2.19. The molecule has 92 valence electrons.